The van der Waals surface area contributed by atoms with Gasteiger partial charge in [0.25, 0.3) is 0 Å². The molecule has 17 heavy (non-hydrogen) atoms. The molecule has 0 amide bonds. The quantitative estimate of drug-likeness (QED) is 0.332. The molecular weight excluding hydrogens is 544 g/mol. The molecule has 2 aromatic rings. The molecule has 5 heteroatoms. The Bertz CT molecular complexity index is 577. The fourth-order valence-electron chi connectivity index (χ4n) is 1.41. The minimum Gasteiger partial charge on any atom is -0.0531 e. The molecule has 0 atom stereocenters. The zero-order valence-corrected chi connectivity index (χ0v) is 16.2. The van der Waals surface area contributed by atoms with Gasteiger partial charge in [0.1, 0.15) is 0 Å². The highest BCUT2D eigenvalue weighted by Gasteiger charge is 2.08. The normalized spacial score (nSPS) is 10.6. The summed E-state index contributed by atoms with van der Waals surface area (Å²) in [4.78, 5) is 0. The van der Waals surface area contributed by atoms with Gasteiger partial charge in [0, 0.05) is 22.4 Å². The lowest BCUT2D eigenvalue weighted by Crippen LogP contribution is -1.82. The molecule has 0 bridgehead atoms. The molecule has 0 N–H and O–H groups in total. The van der Waals surface area contributed by atoms with E-state index >= 15 is 0 Å². The summed E-state index contributed by atoms with van der Waals surface area (Å²) in [7, 11) is 0. The monoisotopic (exact) mass is 544 g/mol. The Morgan fingerprint density at radius 1 is 0.529 bits per heavy atom. The van der Waals surface area contributed by atoms with Crippen molar-refractivity contribution in [1.82, 2.24) is 0 Å². The third-order valence-corrected chi connectivity index (χ3v) is 6.62. The molecule has 0 heterocycles. The second kappa shape index (κ2) is 5.87. The third-order valence-electron chi connectivity index (χ3n) is 2.24. The molecule has 2 aromatic carbocycles. The number of benzene rings is 2. The number of hydrogen-bond acceptors (Lipinski definition) is 0. The van der Waals surface area contributed by atoms with Crippen LogP contribution < -0.4 is 0 Å². The van der Waals surface area contributed by atoms with E-state index in [-0.39, 0.29) is 0 Å². The summed E-state index contributed by atoms with van der Waals surface area (Å²) in [5.74, 6) is 0. The Kier molecular flexibility index (Phi) is 4.92. The van der Waals surface area contributed by atoms with Gasteiger partial charge in [-0.05, 0) is 99.1 Å². The van der Waals surface area contributed by atoms with E-state index in [9.17, 15) is 0 Å². The zero-order chi connectivity index (χ0) is 12.6. The highest BCUT2D eigenvalue weighted by molar-refractivity contribution is 9.13. The SMILES string of the molecule is Brc1ccc(-c2cc(Br)c(Br)cc2Br)cc1Br. The largest absolute Gasteiger partial charge is 0.0531 e. The van der Waals surface area contributed by atoms with E-state index in [0.29, 0.717) is 0 Å². The maximum atomic E-state index is 3.58. The summed E-state index contributed by atoms with van der Waals surface area (Å²) in [5, 5.41) is 0. The van der Waals surface area contributed by atoms with Crippen LogP contribution in [0.1, 0.15) is 0 Å². The second-order valence-electron chi connectivity index (χ2n) is 3.38. The minimum absolute atomic E-state index is 1.03. The lowest BCUT2D eigenvalue weighted by atomic mass is 10.1. The predicted molar refractivity (Wildman–Crippen MR) is 90.4 cm³/mol. The molecule has 0 unspecified atom stereocenters. The lowest BCUT2D eigenvalue weighted by Gasteiger charge is -2.08. The van der Waals surface area contributed by atoms with Crippen LogP contribution in [0, 0.1) is 0 Å². The Hall–Kier alpha value is 0.840. The Labute approximate surface area is 142 Å². The van der Waals surface area contributed by atoms with Crippen LogP contribution in [0.2, 0.25) is 0 Å². The fraction of sp³-hybridized carbons (Fsp3) is 0. The van der Waals surface area contributed by atoms with Crippen LogP contribution in [-0.4, -0.2) is 0 Å². The van der Waals surface area contributed by atoms with Crippen molar-refractivity contribution in [2.75, 3.05) is 0 Å². The molecule has 0 saturated heterocycles. The van der Waals surface area contributed by atoms with Crippen molar-refractivity contribution in [2.24, 2.45) is 0 Å². The van der Waals surface area contributed by atoms with E-state index in [1.54, 1.807) is 0 Å². The predicted octanol–water partition coefficient (Wildman–Crippen LogP) is 7.17. The van der Waals surface area contributed by atoms with Crippen molar-refractivity contribution in [3.63, 3.8) is 0 Å². The topological polar surface area (TPSA) is 0 Å². The van der Waals surface area contributed by atoms with Crippen LogP contribution in [0.25, 0.3) is 11.1 Å². The Morgan fingerprint density at radius 3 is 1.76 bits per heavy atom. The van der Waals surface area contributed by atoms with Gasteiger partial charge in [-0.2, -0.15) is 0 Å². The summed E-state index contributed by atoms with van der Waals surface area (Å²) in [6.07, 6.45) is 0. The van der Waals surface area contributed by atoms with Gasteiger partial charge in [-0.25, -0.2) is 0 Å². The molecule has 2 rings (SSSR count). The summed E-state index contributed by atoms with van der Waals surface area (Å²) in [6.45, 7) is 0. The summed E-state index contributed by atoms with van der Waals surface area (Å²) >= 11 is 17.6. The van der Waals surface area contributed by atoms with Gasteiger partial charge < -0.3 is 0 Å². The first-order chi connectivity index (χ1) is 7.99. The summed E-state index contributed by atoms with van der Waals surface area (Å²) in [5.41, 5.74) is 2.30. The lowest BCUT2D eigenvalue weighted by molar-refractivity contribution is 1.50. The molecular formula is C12H5Br5. The molecule has 0 radical (unpaired) electrons. The Morgan fingerprint density at radius 2 is 1.12 bits per heavy atom. The number of halogens is 5. The average molecular weight is 549 g/mol. The number of rotatable bonds is 1. The second-order valence-corrected chi connectivity index (χ2v) is 7.65. The van der Waals surface area contributed by atoms with Gasteiger partial charge >= 0.3 is 0 Å². The van der Waals surface area contributed by atoms with Gasteiger partial charge in [0.15, 0.2) is 0 Å². The molecule has 0 aliphatic carbocycles. The van der Waals surface area contributed by atoms with Crippen LogP contribution in [0.4, 0.5) is 0 Å². The van der Waals surface area contributed by atoms with E-state index in [2.05, 4.69) is 97.8 Å². The van der Waals surface area contributed by atoms with E-state index in [1.165, 1.54) is 0 Å². The van der Waals surface area contributed by atoms with Crippen molar-refractivity contribution in [1.29, 1.82) is 0 Å². The molecule has 0 aliphatic rings. The van der Waals surface area contributed by atoms with Crippen LogP contribution in [-0.2, 0) is 0 Å². The van der Waals surface area contributed by atoms with Gasteiger partial charge in [-0.15, -0.1) is 0 Å². The van der Waals surface area contributed by atoms with Crippen LogP contribution in [0.15, 0.2) is 52.7 Å². The van der Waals surface area contributed by atoms with Crippen molar-refractivity contribution in [2.45, 2.75) is 0 Å². The number of hydrogen-bond donors (Lipinski definition) is 0. The maximum Gasteiger partial charge on any atom is 0.0329 e. The average Bonchev–Trinajstić information content (AvgIpc) is 2.27. The maximum absolute atomic E-state index is 3.58. The molecule has 0 aromatic heterocycles. The van der Waals surface area contributed by atoms with Crippen molar-refractivity contribution in [3.8, 4) is 11.1 Å². The van der Waals surface area contributed by atoms with Crippen LogP contribution in [0.5, 0.6) is 0 Å². The first-order valence-corrected chi connectivity index (χ1v) is 8.55. The van der Waals surface area contributed by atoms with E-state index in [0.717, 1.165) is 33.5 Å². The minimum atomic E-state index is 1.03. The highest BCUT2D eigenvalue weighted by atomic mass is 79.9. The summed E-state index contributed by atoms with van der Waals surface area (Å²) in [6, 6.07) is 10.3. The standard InChI is InChI=1S/C12H5Br5/c13-8-2-1-6(3-10(8)15)7-4-11(16)12(17)5-9(7)14/h1-5H. The van der Waals surface area contributed by atoms with E-state index in [1.807, 2.05) is 12.1 Å². The van der Waals surface area contributed by atoms with Gasteiger partial charge in [-0.1, -0.05) is 22.0 Å². The van der Waals surface area contributed by atoms with Crippen LogP contribution in [0.3, 0.4) is 0 Å². The third kappa shape index (κ3) is 3.24. The molecule has 88 valence electrons. The smallest absolute Gasteiger partial charge is 0.0329 e. The Balaban J connectivity index is 2.60. The van der Waals surface area contributed by atoms with E-state index < -0.39 is 0 Å². The van der Waals surface area contributed by atoms with Crippen molar-refractivity contribution < 1.29 is 0 Å². The zero-order valence-electron chi connectivity index (χ0n) is 8.28. The van der Waals surface area contributed by atoms with Gasteiger partial charge in [0.05, 0.1) is 0 Å². The highest BCUT2D eigenvalue weighted by Crippen LogP contribution is 2.37. The van der Waals surface area contributed by atoms with Crippen molar-refractivity contribution in [3.05, 3.63) is 52.7 Å². The summed E-state index contributed by atoms with van der Waals surface area (Å²) < 4.78 is 5.22. The first kappa shape index (κ1) is 14.3. The molecule has 0 saturated carbocycles. The fourth-order valence-corrected chi connectivity index (χ4v) is 3.60. The molecule has 0 spiro atoms. The van der Waals surface area contributed by atoms with E-state index in [4.69, 9.17) is 0 Å². The molecule has 0 aliphatic heterocycles. The van der Waals surface area contributed by atoms with Crippen LogP contribution >= 0.6 is 79.6 Å². The molecule has 0 nitrogen and oxygen atoms in total. The van der Waals surface area contributed by atoms with Crippen molar-refractivity contribution >= 4 is 79.6 Å². The molecule has 0 fully saturated rings. The van der Waals surface area contributed by atoms with Gasteiger partial charge in [-0.3, -0.25) is 0 Å². The first-order valence-electron chi connectivity index (χ1n) is 4.59. The van der Waals surface area contributed by atoms with Gasteiger partial charge in [0.2, 0.25) is 0 Å².